The lowest BCUT2D eigenvalue weighted by molar-refractivity contribution is 0.141. The second-order valence-corrected chi connectivity index (χ2v) is 7.38. The molecule has 19 heavy (non-hydrogen) atoms. The van der Waals surface area contributed by atoms with Gasteiger partial charge < -0.3 is 5.32 Å². The highest BCUT2D eigenvalue weighted by atomic mass is 32.1. The molecule has 1 saturated carbocycles. The maximum Gasteiger partial charge on any atom is 0.107 e. The number of hydrogen-bond acceptors (Lipinski definition) is 4. The van der Waals surface area contributed by atoms with E-state index >= 15 is 0 Å². The van der Waals surface area contributed by atoms with Crippen LogP contribution < -0.4 is 5.32 Å². The fraction of sp³-hybridized carbons (Fsp3) is 0.800. The van der Waals surface area contributed by atoms with Gasteiger partial charge in [0.15, 0.2) is 0 Å². The largest absolute Gasteiger partial charge is 0.311 e. The van der Waals surface area contributed by atoms with Gasteiger partial charge in [0.2, 0.25) is 0 Å². The Bertz CT molecular complexity index is 398. The van der Waals surface area contributed by atoms with Crippen LogP contribution in [-0.4, -0.2) is 35.6 Å². The highest BCUT2D eigenvalue weighted by Gasteiger charge is 2.28. The molecule has 1 aliphatic heterocycles. The Morgan fingerprint density at radius 1 is 1.37 bits per heavy atom. The van der Waals surface area contributed by atoms with Gasteiger partial charge in [0.25, 0.3) is 0 Å². The van der Waals surface area contributed by atoms with Crippen molar-refractivity contribution >= 4 is 11.3 Å². The lowest BCUT2D eigenvalue weighted by atomic mass is 9.83. The fourth-order valence-corrected chi connectivity index (χ4v) is 4.33. The molecule has 2 fully saturated rings. The van der Waals surface area contributed by atoms with Gasteiger partial charge in [-0.2, -0.15) is 0 Å². The van der Waals surface area contributed by atoms with Crippen molar-refractivity contribution in [3.8, 4) is 0 Å². The van der Waals surface area contributed by atoms with Crippen LogP contribution in [0.25, 0.3) is 0 Å². The van der Waals surface area contributed by atoms with Crippen LogP contribution in [0.4, 0.5) is 0 Å². The summed E-state index contributed by atoms with van der Waals surface area (Å²) in [5.41, 5.74) is 0. The number of nitrogens with zero attached hydrogens (tertiary/aromatic N) is 2. The van der Waals surface area contributed by atoms with E-state index < -0.39 is 0 Å². The fourth-order valence-electron chi connectivity index (χ4n) is 3.50. The van der Waals surface area contributed by atoms with Crippen LogP contribution in [0.2, 0.25) is 0 Å². The molecule has 4 heteroatoms. The van der Waals surface area contributed by atoms with E-state index in [0.29, 0.717) is 0 Å². The Hall–Kier alpha value is -0.450. The van der Waals surface area contributed by atoms with Gasteiger partial charge in [0, 0.05) is 36.8 Å². The summed E-state index contributed by atoms with van der Waals surface area (Å²) in [5, 5.41) is 5.03. The van der Waals surface area contributed by atoms with E-state index in [2.05, 4.69) is 22.1 Å². The number of thiazole rings is 1. The van der Waals surface area contributed by atoms with Crippen LogP contribution in [-0.2, 0) is 6.54 Å². The second-order valence-electron chi connectivity index (χ2n) is 6.06. The van der Waals surface area contributed by atoms with Gasteiger partial charge in [-0.15, -0.1) is 11.3 Å². The van der Waals surface area contributed by atoms with Crippen LogP contribution in [0.5, 0.6) is 0 Å². The maximum absolute atomic E-state index is 4.50. The van der Waals surface area contributed by atoms with E-state index in [4.69, 9.17) is 0 Å². The van der Waals surface area contributed by atoms with Gasteiger partial charge in [0.1, 0.15) is 5.01 Å². The van der Waals surface area contributed by atoms with Crippen LogP contribution in [0, 0.1) is 12.8 Å². The molecule has 106 valence electrons. The number of piperazine rings is 1. The van der Waals surface area contributed by atoms with Crippen LogP contribution >= 0.6 is 11.3 Å². The van der Waals surface area contributed by atoms with Crippen molar-refractivity contribution in [2.75, 3.05) is 19.6 Å². The highest BCUT2D eigenvalue weighted by Crippen LogP contribution is 2.28. The van der Waals surface area contributed by atoms with Gasteiger partial charge in [-0.05, 0) is 25.7 Å². The summed E-state index contributed by atoms with van der Waals surface area (Å²) in [6.45, 7) is 6.71. The highest BCUT2D eigenvalue weighted by molar-refractivity contribution is 7.11. The zero-order valence-corrected chi connectivity index (χ0v) is 12.7. The topological polar surface area (TPSA) is 28.2 Å². The summed E-state index contributed by atoms with van der Waals surface area (Å²) >= 11 is 1.85. The van der Waals surface area contributed by atoms with Gasteiger partial charge in [-0.3, -0.25) is 4.90 Å². The number of nitrogens with one attached hydrogen (secondary N) is 1. The smallest absolute Gasteiger partial charge is 0.107 e. The van der Waals surface area contributed by atoms with Crippen molar-refractivity contribution in [3.63, 3.8) is 0 Å². The summed E-state index contributed by atoms with van der Waals surface area (Å²) in [5.74, 6) is 0.912. The predicted molar refractivity (Wildman–Crippen MR) is 80.5 cm³/mol. The van der Waals surface area contributed by atoms with Crippen molar-refractivity contribution in [3.05, 3.63) is 16.1 Å². The quantitative estimate of drug-likeness (QED) is 0.922. The molecule has 0 radical (unpaired) electrons. The zero-order chi connectivity index (χ0) is 13.1. The van der Waals surface area contributed by atoms with Crippen molar-refractivity contribution in [1.29, 1.82) is 0 Å². The molecular formula is C15H25N3S. The molecule has 2 aliphatic rings. The SMILES string of the molecule is Cc1cnc(CN2CCNC(C3CCCCC3)C2)s1. The number of aromatic nitrogens is 1. The molecule has 1 unspecified atom stereocenters. The Labute approximate surface area is 120 Å². The first-order valence-electron chi connectivity index (χ1n) is 7.68. The van der Waals surface area contributed by atoms with Gasteiger partial charge in [0.05, 0.1) is 6.54 Å². The molecule has 2 heterocycles. The average Bonchev–Trinajstić information content (AvgIpc) is 2.85. The Morgan fingerprint density at radius 3 is 2.95 bits per heavy atom. The lowest BCUT2D eigenvalue weighted by Crippen LogP contribution is -2.53. The van der Waals surface area contributed by atoms with Crippen molar-refractivity contribution in [2.45, 2.75) is 51.6 Å². The van der Waals surface area contributed by atoms with Gasteiger partial charge in [-0.25, -0.2) is 4.98 Å². The van der Waals surface area contributed by atoms with Crippen molar-refractivity contribution in [1.82, 2.24) is 15.2 Å². The number of hydrogen-bond donors (Lipinski definition) is 1. The first-order chi connectivity index (χ1) is 9.31. The van der Waals surface area contributed by atoms with Crippen molar-refractivity contribution < 1.29 is 0 Å². The van der Waals surface area contributed by atoms with E-state index in [1.807, 2.05) is 17.5 Å². The molecule has 3 rings (SSSR count). The molecule has 3 nitrogen and oxygen atoms in total. The van der Waals surface area contributed by atoms with Gasteiger partial charge >= 0.3 is 0 Å². The Balaban J connectivity index is 1.55. The molecule has 1 N–H and O–H groups in total. The molecule has 1 aromatic rings. The van der Waals surface area contributed by atoms with E-state index in [-0.39, 0.29) is 0 Å². The average molecular weight is 279 g/mol. The Morgan fingerprint density at radius 2 is 2.21 bits per heavy atom. The predicted octanol–water partition coefficient (Wildman–Crippen LogP) is 2.81. The molecule has 1 aliphatic carbocycles. The van der Waals surface area contributed by atoms with Crippen LogP contribution in [0.3, 0.4) is 0 Å². The van der Waals surface area contributed by atoms with E-state index in [1.54, 1.807) is 0 Å². The Kier molecular flexibility index (Phi) is 4.51. The molecule has 0 spiro atoms. The molecule has 0 bridgehead atoms. The van der Waals surface area contributed by atoms with Crippen LogP contribution in [0.15, 0.2) is 6.20 Å². The monoisotopic (exact) mass is 279 g/mol. The third kappa shape index (κ3) is 3.56. The lowest BCUT2D eigenvalue weighted by Gasteiger charge is -2.39. The first-order valence-corrected chi connectivity index (χ1v) is 8.50. The number of aryl methyl sites for hydroxylation is 1. The summed E-state index contributed by atoms with van der Waals surface area (Å²) < 4.78 is 0. The van der Waals surface area contributed by atoms with E-state index in [1.165, 1.54) is 55.1 Å². The molecule has 0 amide bonds. The van der Waals surface area contributed by atoms with E-state index in [9.17, 15) is 0 Å². The normalized spacial score (nSPS) is 26.7. The van der Waals surface area contributed by atoms with Crippen molar-refractivity contribution in [2.24, 2.45) is 5.92 Å². The summed E-state index contributed by atoms with van der Waals surface area (Å²) in [6.07, 6.45) is 9.19. The number of rotatable bonds is 3. The third-order valence-electron chi connectivity index (χ3n) is 4.54. The third-order valence-corrected chi connectivity index (χ3v) is 5.43. The minimum absolute atomic E-state index is 0.718. The summed E-state index contributed by atoms with van der Waals surface area (Å²) in [7, 11) is 0. The molecule has 1 aromatic heterocycles. The zero-order valence-electron chi connectivity index (χ0n) is 11.9. The first kappa shape index (κ1) is 13.5. The summed E-state index contributed by atoms with van der Waals surface area (Å²) in [6, 6.07) is 0.718. The minimum atomic E-state index is 0.718. The van der Waals surface area contributed by atoms with Gasteiger partial charge in [-0.1, -0.05) is 19.3 Å². The maximum atomic E-state index is 4.50. The van der Waals surface area contributed by atoms with E-state index in [0.717, 1.165) is 25.0 Å². The second kappa shape index (κ2) is 6.33. The molecule has 1 saturated heterocycles. The summed E-state index contributed by atoms with van der Waals surface area (Å²) in [4.78, 5) is 8.42. The molecular weight excluding hydrogens is 254 g/mol. The molecule has 0 aromatic carbocycles. The molecule has 1 atom stereocenters. The minimum Gasteiger partial charge on any atom is -0.311 e. The standard InChI is InChI=1S/C15H25N3S/c1-12-9-17-15(19-12)11-18-8-7-16-14(10-18)13-5-3-2-4-6-13/h9,13-14,16H,2-8,10-11H2,1H3. The van der Waals surface area contributed by atoms with Crippen LogP contribution in [0.1, 0.15) is 42.0 Å².